The predicted octanol–water partition coefficient (Wildman–Crippen LogP) is 2.68. The highest BCUT2D eigenvalue weighted by atomic mass is 35.5. The topological polar surface area (TPSA) is 66.6 Å². The number of halogens is 1. The Balaban J connectivity index is 0.00000288. The van der Waals surface area contributed by atoms with Crippen LogP contribution < -0.4 is 10.6 Å². The van der Waals surface area contributed by atoms with Crippen LogP contribution in [0.5, 0.6) is 0 Å². The van der Waals surface area contributed by atoms with Gasteiger partial charge in [0.2, 0.25) is 5.91 Å². The van der Waals surface area contributed by atoms with Gasteiger partial charge >= 0.3 is 0 Å². The molecule has 1 unspecified atom stereocenters. The van der Waals surface area contributed by atoms with E-state index in [4.69, 9.17) is 5.73 Å². The number of nitrogens with two attached hydrogens (primary N) is 1. The van der Waals surface area contributed by atoms with Gasteiger partial charge in [0.05, 0.1) is 11.3 Å². The fourth-order valence-corrected chi connectivity index (χ4v) is 3.04. The second kappa shape index (κ2) is 7.99. The van der Waals surface area contributed by atoms with E-state index in [1.54, 1.807) is 18.0 Å². The Morgan fingerprint density at radius 1 is 1.33 bits per heavy atom. The summed E-state index contributed by atoms with van der Waals surface area (Å²) < 4.78 is 0. The van der Waals surface area contributed by atoms with Gasteiger partial charge in [-0.1, -0.05) is 32.9 Å². The normalized spacial score (nSPS) is 19.4. The van der Waals surface area contributed by atoms with Crippen LogP contribution in [0.1, 0.15) is 44.0 Å². The molecule has 2 rings (SSSR count). The van der Waals surface area contributed by atoms with Crippen LogP contribution in [0.15, 0.2) is 24.3 Å². The van der Waals surface area contributed by atoms with Gasteiger partial charge in [-0.25, -0.2) is 0 Å². The van der Waals surface area contributed by atoms with Crippen LogP contribution in [-0.4, -0.2) is 42.9 Å². The van der Waals surface area contributed by atoms with Gasteiger partial charge in [-0.3, -0.25) is 9.59 Å². The number of hydrogen-bond acceptors (Lipinski definition) is 3. The summed E-state index contributed by atoms with van der Waals surface area (Å²) in [4.78, 5) is 28.4. The molecule has 1 fully saturated rings. The van der Waals surface area contributed by atoms with E-state index in [1.165, 1.54) is 0 Å². The minimum atomic E-state index is -0.103. The van der Waals surface area contributed by atoms with Crippen LogP contribution in [-0.2, 0) is 4.79 Å². The second-order valence-corrected chi connectivity index (χ2v) is 6.93. The summed E-state index contributed by atoms with van der Waals surface area (Å²) >= 11 is 0. The molecule has 1 aliphatic heterocycles. The van der Waals surface area contributed by atoms with Gasteiger partial charge in [-0.2, -0.15) is 0 Å². The lowest BCUT2D eigenvalue weighted by Gasteiger charge is -2.42. The van der Waals surface area contributed by atoms with Crippen molar-refractivity contribution in [1.82, 2.24) is 4.90 Å². The molecule has 134 valence electrons. The smallest absolute Gasteiger partial charge is 0.255 e. The summed E-state index contributed by atoms with van der Waals surface area (Å²) in [5.41, 5.74) is 7.29. The Kier molecular flexibility index (Phi) is 6.81. The summed E-state index contributed by atoms with van der Waals surface area (Å²) in [6.07, 6.45) is 1.20. The lowest BCUT2D eigenvalue weighted by molar-refractivity contribution is -0.118. The quantitative estimate of drug-likeness (QED) is 0.908. The molecule has 0 aromatic heterocycles. The third-order valence-electron chi connectivity index (χ3n) is 4.77. The highest BCUT2D eigenvalue weighted by Gasteiger charge is 2.36. The fraction of sp³-hybridized carbons (Fsp3) is 0.556. The van der Waals surface area contributed by atoms with E-state index in [2.05, 4.69) is 13.8 Å². The van der Waals surface area contributed by atoms with Crippen molar-refractivity contribution < 1.29 is 9.59 Å². The Bertz CT molecular complexity index is 604. The molecule has 5 nitrogen and oxygen atoms in total. The fourth-order valence-electron chi connectivity index (χ4n) is 3.04. The second-order valence-electron chi connectivity index (χ2n) is 6.93. The molecule has 0 bridgehead atoms. The molecule has 1 aromatic rings. The molecule has 0 radical (unpaired) electrons. The monoisotopic (exact) mass is 353 g/mol. The molecule has 1 atom stereocenters. The molecular formula is C18H28ClN3O2. The molecule has 0 spiro atoms. The average Bonchev–Trinajstić information content (AvgIpc) is 2.55. The summed E-state index contributed by atoms with van der Waals surface area (Å²) in [5.74, 6) is -0.0393. The van der Waals surface area contributed by atoms with Crippen molar-refractivity contribution in [2.24, 2.45) is 11.1 Å². The molecular weight excluding hydrogens is 326 g/mol. The summed E-state index contributed by atoms with van der Waals surface area (Å²) in [6.45, 7) is 7.29. The van der Waals surface area contributed by atoms with Crippen LogP contribution in [0, 0.1) is 5.41 Å². The number of hydrogen-bond donors (Lipinski definition) is 1. The molecule has 2 N–H and O–H groups in total. The van der Waals surface area contributed by atoms with Crippen molar-refractivity contribution in [3.05, 3.63) is 29.8 Å². The van der Waals surface area contributed by atoms with Crippen molar-refractivity contribution in [2.75, 3.05) is 25.0 Å². The lowest BCUT2D eigenvalue weighted by atomic mass is 9.79. The van der Waals surface area contributed by atoms with Crippen LogP contribution in [0.3, 0.4) is 0 Å². The average molecular weight is 354 g/mol. The van der Waals surface area contributed by atoms with E-state index in [9.17, 15) is 9.59 Å². The third-order valence-corrected chi connectivity index (χ3v) is 4.77. The number of carbonyl (C=O) groups is 2. The number of anilines is 1. The van der Waals surface area contributed by atoms with E-state index in [0.29, 0.717) is 30.8 Å². The van der Waals surface area contributed by atoms with Gasteiger partial charge in [0, 0.05) is 32.6 Å². The Hall–Kier alpha value is -1.59. The maximum Gasteiger partial charge on any atom is 0.255 e. The van der Waals surface area contributed by atoms with Gasteiger partial charge in [-0.05, 0) is 24.0 Å². The zero-order valence-electron chi connectivity index (χ0n) is 14.9. The molecule has 0 aliphatic carbocycles. The van der Waals surface area contributed by atoms with Crippen molar-refractivity contribution in [1.29, 1.82) is 0 Å². The number of amides is 2. The van der Waals surface area contributed by atoms with Crippen molar-refractivity contribution >= 4 is 29.9 Å². The molecule has 1 saturated heterocycles. The van der Waals surface area contributed by atoms with Crippen LogP contribution in [0.25, 0.3) is 0 Å². The molecule has 24 heavy (non-hydrogen) atoms. The van der Waals surface area contributed by atoms with E-state index < -0.39 is 0 Å². The van der Waals surface area contributed by atoms with Crippen LogP contribution in [0.2, 0.25) is 0 Å². The SMILES string of the molecule is CCC(=O)N(C)c1ccccc1C(=O)N1CCC(N)C(C)(C)C1.Cl. The maximum absolute atomic E-state index is 13.0. The first kappa shape index (κ1) is 20.5. The van der Waals surface area contributed by atoms with E-state index in [0.717, 1.165) is 6.42 Å². The zero-order chi connectivity index (χ0) is 17.2. The van der Waals surface area contributed by atoms with Gasteiger partial charge in [0.1, 0.15) is 0 Å². The first-order valence-electron chi connectivity index (χ1n) is 8.18. The van der Waals surface area contributed by atoms with Crippen LogP contribution >= 0.6 is 12.4 Å². The zero-order valence-corrected chi connectivity index (χ0v) is 15.7. The van der Waals surface area contributed by atoms with Crippen LogP contribution in [0.4, 0.5) is 5.69 Å². The van der Waals surface area contributed by atoms with Crippen molar-refractivity contribution in [3.8, 4) is 0 Å². The summed E-state index contributed by atoms with van der Waals surface area (Å²) in [7, 11) is 1.72. The molecule has 1 aliphatic rings. The van der Waals surface area contributed by atoms with Gasteiger partial charge in [-0.15, -0.1) is 12.4 Å². The van der Waals surface area contributed by atoms with Gasteiger partial charge < -0.3 is 15.5 Å². The molecule has 2 amide bonds. The van der Waals surface area contributed by atoms with E-state index in [1.807, 2.05) is 30.0 Å². The Morgan fingerprint density at radius 2 is 1.96 bits per heavy atom. The largest absolute Gasteiger partial charge is 0.338 e. The highest BCUT2D eigenvalue weighted by molar-refractivity contribution is 6.04. The molecule has 0 saturated carbocycles. The highest BCUT2D eigenvalue weighted by Crippen LogP contribution is 2.30. The Labute approximate surface area is 150 Å². The Morgan fingerprint density at radius 3 is 2.54 bits per heavy atom. The number of rotatable bonds is 3. The van der Waals surface area contributed by atoms with Crippen molar-refractivity contribution in [2.45, 2.75) is 39.7 Å². The molecule has 1 heterocycles. The number of para-hydroxylation sites is 1. The maximum atomic E-state index is 13.0. The van der Waals surface area contributed by atoms with Crippen molar-refractivity contribution in [3.63, 3.8) is 0 Å². The minimum absolute atomic E-state index is 0. The van der Waals surface area contributed by atoms with E-state index in [-0.39, 0.29) is 35.7 Å². The predicted molar refractivity (Wildman–Crippen MR) is 99.7 cm³/mol. The first-order valence-corrected chi connectivity index (χ1v) is 8.18. The number of benzene rings is 1. The number of likely N-dealkylation sites (tertiary alicyclic amines) is 1. The third kappa shape index (κ3) is 4.08. The minimum Gasteiger partial charge on any atom is -0.338 e. The standard InChI is InChI=1S/C18H27N3O2.ClH/c1-5-16(22)20(4)14-9-7-6-8-13(14)17(23)21-11-10-15(19)18(2,3)12-21;/h6-9,15H,5,10-12,19H2,1-4H3;1H. The summed E-state index contributed by atoms with van der Waals surface area (Å²) in [5, 5.41) is 0. The lowest BCUT2D eigenvalue weighted by Crippen LogP contribution is -2.54. The molecule has 1 aromatic carbocycles. The number of nitrogens with zero attached hydrogens (tertiary/aromatic N) is 2. The van der Waals surface area contributed by atoms with Gasteiger partial charge in [0.15, 0.2) is 0 Å². The molecule has 6 heteroatoms. The first-order chi connectivity index (χ1) is 10.8. The number of piperidine rings is 1. The van der Waals surface area contributed by atoms with E-state index >= 15 is 0 Å². The number of carbonyl (C=O) groups excluding carboxylic acids is 2. The summed E-state index contributed by atoms with van der Waals surface area (Å²) in [6, 6.07) is 7.40. The van der Waals surface area contributed by atoms with Gasteiger partial charge in [0.25, 0.3) is 5.91 Å².